The molecule has 0 spiro atoms. The Kier molecular flexibility index (Phi) is 7.23. The fourth-order valence-corrected chi connectivity index (χ4v) is 3.10. The molecule has 0 aliphatic carbocycles. The van der Waals surface area contributed by atoms with Crippen molar-refractivity contribution >= 4 is 12.0 Å². The molecule has 2 aromatic carbocycles. The van der Waals surface area contributed by atoms with Crippen molar-refractivity contribution in [2.75, 3.05) is 13.2 Å². The number of rotatable bonds is 8. The number of ether oxygens (including phenoxy) is 2. The standard InChI is InChI=1S/C25H25N3O3/c1-18-4-6-22(7-5-18)17-28-20(3)24(19(2)27-28)12-13-25(29)31-15-14-30-23-10-8-21(16-26)9-11-23/h4-13H,14-15,17H2,1-3H3. The van der Waals surface area contributed by atoms with Crippen LogP contribution in [0.5, 0.6) is 5.75 Å². The molecule has 3 aromatic rings. The Morgan fingerprint density at radius 3 is 2.45 bits per heavy atom. The van der Waals surface area contributed by atoms with Gasteiger partial charge in [0.25, 0.3) is 0 Å². The first kappa shape index (κ1) is 21.8. The SMILES string of the molecule is Cc1ccc(Cn2nc(C)c(C=CC(=O)OCCOc3ccc(C#N)cc3)c2C)cc1. The Morgan fingerprint density at radius 2 is 1.77 bits per heavy atom. The fourth-order valence-electron chi connectivity index (χ4n) is 3.10. The summed E-state index contributed by atoms with van der Waals surface area (Å²) >= 11 is 0. The molecule has 0 unspecified atom stereocenters. The highest BCUT2D eigenvalue weighted by Crippen LogP contribution is 2.17. The first-order valence-corrected chi connectivity index (χ1v) is 10.0. The molecule has 31 heavy (non-hydrogen) atoms. The van der Waals surface area contributed by atoms with Crippen molar-refractivity contribution in [3.05, 3.63) is 88.2 Å². The summed E-state index contributed by atoms with van der Waals surface area (Å²) in [6, 6.07) is 17.2. The van der Waals surface area contributed by atoms with Gasteiger partial charge in [-0.1, -0.05) is 29.8 Å². The van der Waals surface area contributed by atoms with Crippen LogP contribution in [0, 0.1) is 32.1 Å². The Bertz CT molecular complexity index is 1100. The predicted octanol–water partition coefficient (Wildman–Crippen LogP) is 4.36. The van der Waals surface area contributed by atoms with Crippen LogP contribution < -0.4 is 4.74 Å². The second-order valence-electron chi connectivity index (χ2n) is 7.21. The third-order valence-corrected chi connectivity index (χ3v) is 4.86. The van der Waals surface area contributed by atoms with Crippen molar-refractivity contribution < 1.29 is 14.3 Å². The molecule has 0 N–H and O–H groups in total. The molecule has 0 fully saturated rings. The van der Waals surface area contributed by atoms with E-state index in [1.54, 1.807) is 30.3 Å². The summed E-state index contributed by atoms with van der Waals surface area (Å²) in [6.07, 6.45) is 3.15. The molecule has 0 amide bonds. The van der Waals surface area contributed by atoms with Crippen molar-refractivity contribution in [3.63, 3.8) is 0 Å². The molecule has 6 heteroatoms. The van der Waals surface area contributed by atoms with Gasteiger partial charge < -0.3 is 9.47 Å². The van der Waals surface area contributed by atoms with Gasteiger partial charge in [-0.25, -0.2) is 4.79 Å². The van der Waals surface area contributed by atoms with Crippen LogP contribution in [-0.4, -0.2) is 29.0 Å². The smallest absolute Gasteiger partial charge is 0.330 e. The van der Waals surface area contributed by atoms with E-state index in [1.807, 2.05) is 24.6 Å². The summed E-state index contributed by atoms with van der Waals surface area (Å²) in [6.45, 7) is 7.03. The van der Waals surface area contributed by atoms with Gasteiger partial charge in [0.15, 0.2) is 0 Å². The highest BCUT2D eigenvalue weighted by atomic mass is 16.6. The quantitative estimate of drug-likeness (QED) is 0.310. The largest absolute Gasteiger partial charge is 0.490 e. The van der Waals surface area contributed by atoms with E-state index >= 15 is 0 Å². The molecule has 1 heterocycles. The second-order valence-corrected chi connectivity index (χ2v) is 7.21. The number of benzene rings is 2. The number of hydrogen-bond donors (Lipinski definition) is 0. The van der Waals surface area contributed by atoms with Crippen LogP contribution in [0.4, 0.5) is 0 Å². The monoisotopic (exact) mass is 415 g/mol. The molecule has 1 aromatic heterocycles. The molecular formula is C25H25N3O3. The van der Waals surface area contributed by atoms with E-state index < -0.39 is 5.97 Å². The predicted molar refractivity (Wildman–Crippen MR) is 119 cm³/mol. The van der Waals surface area contributed by atoms with E-state index in [0.717, 1.165) is 17.0 Å². The molecule has 3 rings (SSSR count). The van der Waals surface area contributed by atoms with E-state index in [-0.39, 0.29) is 13.2 Å². The van der Waals surface area contributed by atoms with Gasteiger partial charge in [-0.3, -0.25) is 4.68 Å². The number of nitriles is 1. The topological polar surface area (TPSA) is 77.1 Å². The lowest BCUT2D eigenvalue weighted by Gasteiger charge is -2.06. The molecule has 0 saturated heterocycles. The normalized spacial score (nSPS) is 10.8. The van der Waals surface area contributed by atoms with Crippen LogP contribution in [0.15, 0.2) is 54.6 Å². The summed E-state index contributed by atoms with van der Waals surface area (Å²) < 4.78 is 12.6. The van der Waals surface area contributed by atoms with Crippen molar-refractivity contribution in [2.45, 2.75) is 27.3 Å². The minimum atomic E-state index is -0.437. The lowest BCUT2D eigenvalue weighted by atomic mass is 10.1. The molecule has 0 aliphatic heterocycles. The molecule has 0 bridgehead atoms. The third-order valence-electron chi connectivity index (χ3n) is 4.86. The van der Waals surface area contributed by atoms with Gasteiger partial charge in [0.1, 0.15) is 19.0 Å². The number of esters is 1. The Hall–Kier alpha value is -3.85. The van der Waals surface area contributed by atoms with E-state index in [1.165, 1.54) is 17.2 Å². The summed E-state index contributed by atoms with van der Waals surface area (Å²) in [7, 11) is 0. The average molecular weight is 415 g/mol. The molecule has 0 saturated carbocycles. The molecule has 158 valence electrons. The molecule has 0 radical (unpaired) electrons. The zero-order valence-electron chi connectivity index (χ0n) is 18.0. The van der Waals surface area contributed by atoms with E-state index in [9.17, 15) is 4.79 Å². The number of aryl methyl sites for hydroxylation is 2. The maximum atomic E-state index is 12.0. The number of nitrogens with zero attached hydrogens (tertiary/aromatic N) is 3. The number of carbonyl (C=O) groups excluding carboxylic acids is 1. The van der Waals surface area contributed by atoms with Crippen LogP contribution in [0.1, 0.15) is 33.6 Å². The van der Waals surface area contributed by atoms with Gasteiger partial charge >= 0.3 is 5.97 Å². The second kappa shape index (κ2) is 10.3. The minimum absolute atomic E-state index is 0.133. The first-order valence-electron chi connectivity index (χ1n) is 10.0. The van der Waals surface area contributed by atoms with Gasteiger partial charge in [0.05, 0.1) is 23.9 Å². The maximum absolute atomic E-state index is 12.0. The van der Waals surface area contributed by atoms with Gasteiger partial charge in [0.2, 0.25) is 0 Å². The van der Waals surface area contributed by atoms with Gasteiger partial charge in [0, 0.05) is 17.3 Å². The zero-order valence-corrected chi connectivity index (χ0v) is 18.0. The number of aromatic nitrogens is 2. The Labute approximate surface area is 182 Å². The van der Waals surface area contributed by atoms with Crippen LogP contribution in [-0.2, 0) is 16.1 Å². The fraction of sp³-hybridized carbons (Fsp3) is 0.240. The minimum Gasteiger partial charge on any atom is -0.490 e. The molecule has 0 atom stereocenters. The summed E-state index contributed by atoms with van der Waals surface area (Å²) in [5, 5.41) is 13.4. The summed E-state index contributed by atoms with van der Waals surface area (Å²) in [4.78, 5) is 12.0. The van der Waals surface area contributed by atoms with Crippen molar-refractivity contribution in [2.24, 2.45) is 0 Å². The lowest BCUT2D eigenvalue weighted by Crippen LogP contribution is -2.10. The van der Waals surface area contributed by atoms with Crippen LogP contribution in [0.2, 0.25) is 0 Å². The molecule has 0 aliphatic rings. The Balaban J connectivity index is 1.51. The van der Waals surface area contributed by atoms with Crippen molar-refractivity contribution in [1.29, 1.82) is 5.26 Å². The van der Waals surface area contributed by atoms with Crippen LogP contribution in [0.3, 0.4) is 0 Å². The number of hydrogen-bond acceptors (Lipinski definition) is 5. The first-order chi connectivity index (χ1) is 15.0. The van der Waals surface area contributed by atoms with Crippen LogP contribution >= 0.6 is 0 Å². The zero-order chi connectivity index (χ0) is 22.2. The summed E-state index contributed by atoms with van der Waals surface area (Å²) in [5.74, 6) is 0.186. The van der Waals surface area contributed by atoms with Gasteiger partial charge in [-0.05, 0) is 56.7 Å². The summed E-state index contributed by atoms with van der Waals surface area (Å²) in [5.41, 5.74) is 5.73. The van der Waals surface area contributed by atoms with Crippen molar-refractivity contribution in [3.8, 4) is 11.8 Å². The maximum Gasteiger partial charge on any atom is 0.330 e. The average Bonchev–Trinajstić information content (AvgIpc) is 3.04. The van der Waals surface area contributed by atoms with E-state index in [2.05, 4.69) is 36.3 Å². The molecular weight excluding hydrogens is 390 g/mol. The van der Waals surface area contributed by atoms with Crippen molar-refractivity contribution in [1.82, 2.24) is 9.78 Å². The molecule has 6 nitrogen and oxygen atoms in total. The highest BCUT2D eigenvalue weighted by Gasteiger charge is 2.10. The van der Waals surface area contributed by atoms with E-state index in [0.29, 0.717) is 17.9 Å². The lowest BCUT2D eigenvalue weighted by molar-refractivity contribution is -0.138. The van der Waals surface area contributed by atoms with Crippen LogP contribution in [0.25, 0.3) is 6.08 Å². The Morgan fingerprint density at radius 1 is 1.06 bits per heavy atom. The van der Waals surface area contributed by atoms with E-state index in [4.69, 9.17) is 14.7 Å². The third kappa shape index (κ3) is 6.06. The van der Waals surface area contributed by atoms with Gasteiger partial charge in [-0.15, -0.1) is 0 Å². The van der Waals surface area contributed by atoms with Gasteiger partial charge in [-0.2, -0.15) is 10.4 Å². The highest BCUT2D eigenvalue weighted by molar-refractivity contribution is 5.87. The number of carbonyl (C=O) groups is 1.